The van der Waals surface area contributed by atoms with E-state index in [-0.39, 0.29) is 41.1 Å². The number of hydrazone groups is 1. The fraction of sp³-hybridized carbons (Fsp3) is 0.333. The highest BCUT2D eigenvalue weighted by molar-refractivity contribution is 6.28. The molecule has 1 amide bonds. The third-order valence-electron chi connectivity index (χ3n) is 6.38. The smallest absolute Gasteiger partial charge is 0.248 e. The summed E-state index contributed by atoms with van der Waals surface area (Å²) < 4.78 is 68.8. The van der Waals surface area contributed by atoms with Crippen LogP contribution in [0.3, 0.4) is 0 Å². The van der Waals surface area contributed by atoms with E-state index in [1.807, 2.05) is 19.0 Å². The van der Waals surface area contributed by atoms with E-state index in [1.165, 1.54) is 25.1 Å². The van der Waals surface area contributed by atoms with Gasteiger partial charge in [0.05, 0.1) is 30.5 Å². The van der Waals surface area contributed by atoms with E-state index in [9.17, 15) is 13.6 Å². The lowest BCUT2D eigenvalue weighted by molar-refractivity contribution is -0.126. The van der Waals surface area contributed by atoms with Gasteiger partial charge < -0.3 is 19.4 Å². The Morgan fingerprint density at radius 1 is 1.08 bits per heavy atom. The molecule has 0 aliphatic carbocycles. The topological polar surface area (TPSA) is 70.3 Å². The summed E-state index contributed by atoms with van der Waals surface area (Å²) in [5.41, 5.74) is -2.18. The maximum atomic E-state index is 15.1. The van der Waals surface area contributed by atoms with Crippen molar-refractivity contribution in [1.29, 1.82) is 0 Å². The number of hydrogen-bond acceptors (Lipinski definition) is 6. The second-order valence-corrected chi connectivity index (χ2v) is 9.78. The van der Waals surface area contributed by atoms with Crippen LogP contribution in [0.5, 0.6) is 0 Å². The summed E-state index contributed by atoms with van der Waals surface area (Å²) in [4.78, 5) is 15.8. The molecule has 0 spiro atoms. The van der Waals surface area contributed by atoms with E-state index in [1.54, 1.807) is 0 Å². The van der Waals surface area contributed by atoms with Crippen LogP contribution in [-0.2, 0) is 9.53 Å². The van der Waals surface area contributed by atoms with Gasteiger partial charge >= 0.3 is 0 Å². The Labute approximate surface area is 228 Å². The van der Waals surface area contributed by atoms with E-state index in [0.717, 1.165) is 23.2 Å². The lowest BCUT2D eigenvalue weighted by Gasteiger charge is -2.36. The average Bonchev–Trinajstić information content (AvgIpc) is 3.42. The Hall–Kier alpha value is -3.41. The zero-order valence-electron chi connectivity index (χ0n) is 21.5. The molecule has 39 heavy (non-hydrogen) atoms. The molecule has 3 aromatic rings. The molecule has 0 saturated heterocycles. The van der Waals surface area contributed by atoms with Crippen LogP contribution in [-0.4, -0.2) is 62.5 Å². The Bertz CT molecular complexity index is 1380. The predicted molar refractivity (Wildman–Crippen MR) is 139 cm³/mol. The molecule has 2 heterocycles. The zero-order valence-corrected chi connectivity index (χ0v) is 22.2. The maximum Gasteiger partial charge on any atom is 0.248 e. The van der Waals surface area contributed by atoms with Gasteiger partial charge in [-0.05, 0) is 69.0 Å². The minimum absolute atomic E-state index is 0.00705. The number of anilines is 1. The number of hydrogen-bond donors (Lipinski definition) is 1. The number of carbonyl (C=O) groups excluding carboxylic acids is 1. The third kappa shape index (κ3) is 5.95. The van der Waals surface area contributed by atoms with Crippen LogP contribution >= 0.6 is 11.6 Å². The van der Waals surface area contributed by atoms with Gasteiger partial charge in [-0.3, -0.25) is 4.79 Å². The minimum atomic E-state index is -1.76. The number of furan rings is 1. The molecule has 1 aromatic heterocycles. The SMILES string of the molecule is CN(C)CCOCCNC(=O)C1(C)C(c2ccc(Cl)o2)C(c2ccc(F)cc2F)=NN1c1ccc(F)cc1F. The molecule has 1 N–H and O–H groups in total. The summed E-state index contributed by atoms with van der Waals surface area (Å²) in [5.74, 6) is -5.22. The van der Waals surface area contributed by atoms with Crippen LogP contribution in [0.4, 0.5) is 23.2 Å². The molecule has 4 rings (SSSR count). The van der Waals surface area contributed by atoms with Crippen LogP contribution in [0.2, 0.25) is 5.22 Å². The number of benzene rings is 2. The maximum absolute atomic E-state index is 15.1. The predicted octanol–water partition coefficient (Wildman–Crippen LogP) is 4.95. The second-order valence-electron chi connectivity index (χ2n) is 9.41. The van der Waals surface area contributed by atoms with Crippen molar-refractivity contribution in [3.8, 4) is 0 Å². The van der Waals surface area contributed by atoms with Gasteiger partial charge in [0.15, 0.2) is 16.6 Å². The Balaban J connectivity index is 1.79. The number of carbonyl (C=O) groups is 1. The van der Waals surface area contributed by atoms with Crippen molar-refractivity contribution >= 4 is 28.9 Å². The molecular weight excluding hydrogens is 540 g/mol. The van der Waals surface area contributed by atoms with Gasteiger partial charge in [-0.2, -0.15) is 5.10 Å². The van der Waals surface area contributed by atoms with Crippen molar-refractivity contribution in [3.05, 3.63) is 88.3 Å². The highest BCUT2D eigenvalue weighted by Crippen LogP contribution is 2.46. The van der Waals surface area contributed by atoms with Gasteiger partial charge in [0.2, 0.25) is 5.91 Å². The van der Waals surface area contributed by atoms with Crippen LogP contribution in [0.15, 0.2) is 58.0 Å². The van der Waals surface area contributed by atoms with Crippen LogP contribution < -0.4 is 10.3 Å². The van der Waals surface area contributed by atoms with E-state index in [0.29, 0.717) is 25.3 Å². The van der Waals surface area contributed by atoms with Crippen LogP contribution in [0.1, 0.15) is 24.2 Å². The zero-order chi connectivity index (χ0) is 28.3. The lowest BCUT2D eigenvalue weighted by atomic mass is 9.78. The van der Waals surface area contributed by atoms with E-state index in [4.69, 9.17) is 20.8 Å². The van der Waals surface area contributed by atoms with E-state index < -0.39 is 40.6 Å². The molecular formula is C27H27ClF4N4O3. The number of likely N-dealkylation sites (N-methyl/N-ethyl adjacent to an activating group) is 1. The number of ether oxygens (including phenoxy) is 1. The highest BCUT2D eigenvalue weighted by atomic mass is 35.5. The Morgan fingerprint density at radius 3 is 2.38 bits per heavy atom. The molecule has 2 atom stereocenters. The molecule has 12 heteroatoms. The van der Waals surface area contributed by atoms with Crippen molar-refractivity contribution in [2.24, 2.45) is 5.10 Å². The molecule has 0 radical (unpaired) electrons. The van der Waals surface area contributed by atoms with Crippen molar-refractivity contribution < 1.29 is 31.5 Å². The second kappa shape index (κ2) is 11.8. The molecule has 1 aliphatic heterocycles. The fourth-order valence-corrected chi connectivity index (χ4v) is 4.56. The van der Waals surface area contributed by atoms with Gasteiger partial charge in [0.1, 0.15) is 23.2 Å². The van der Waals surface area contributed by atoms with Gasteiger partial charge in [0, 0.05) is 30.8 Å². The summed E-state index contributed by atoms with van der Waals surface area (Å²) in [6.07, 6.45) is 0. The molecule has 0 bridgehead atoms. The van der Waals surface area contributed by atoms with Crippen molar-refractivity contribution in [2.45, 2.75) is 18.4 Å². The molecule has 1 aliphatic rings. The Kier molecular flexibility index (Phi) is 8.63. The first-order valence-electron chi connectivity index (χ1n) is 12.1. The number of amides is 1. The summed E-state index contributed by atoms with van der Waals surface area (Å²) in [6, 6.07) is 8.60. The monoisotopic (exact) mass is 566 g/mol. The van der Waals surface area contributed by atoms with E-state index >= 15 is 8.78 Å². The van der Waals surface area contributed by atoms with Crippen LogP contribution in [0.25, 0.3) is 0 Å². The van der Waals surface area contributed by atoms with Gasteiger partial charge in [-0.25, -0.2) is 22.6 Å². The lowest BCUT2D eigenvalue weighted by Crippen LogP contribution is -2.57. The summed E-state index contributed by atoms with van der Waals surface area (Å²) >= 11 is 6.04. The van der Waals surface area contributed by atoms with Crippen molar-refractivity contribution in [2.75, 3.05) is 45.4 Å². The summed E-state index contributed by atoms with van der Waals surface area (Å²) in [7, 11) is 3.80. The van der Waals surface area contributed by atoms with Gasteiger partial charge in [-0.15, -0.1) is 0 Å². The first kappa shape index (κ1) is 28.6. The van der Waals surface area contributed by atoms with Gasteiger partial charge in [0.25, 0.3) is 0 Å². The first-order chi connectivity index (χ1) is 18.5. The number of rotatable bonds is 10. The molecule has 2 aromatic carbocycles. The normalized spacial score (nSPS) is 19.1. The fourth-order valence-electron chi connectivity index (χ4n) is 4.41. The molecule has 7 nitrogen and oxygen atoms in total. The Morgan fingerprint density at radius 2 is 1.77 bits per heavy atom. The molecule has 0 saturated carbocycles. The number of halogens is 5. The highest BCUT2D eigenvalue weighted by Gasteiger charge is 2.57. The third-order valence-corrected chi connectivity index (χ3v) is 6.58. The number of nitrogens with zero attached hydrogens (tertiary/aromatic N) is 3. The van der Waals surface area contributed by atoms with Crippen molar-refractivity contribution in [1.82, 2.24) is 10.2 Å². The van der Waals surface area contributed by atoms with E-state index in [2.05, 4.69) is 10.4 Å². The summed E-state index contributed by atoms with van der Waals surface area (Å²) in [5, 5.41) is 8.27. The van der Waals surface area contributed by atoms with Crippen LogP contribution in [0, 0.1) is 23.3 Å². The molecule has 2 unspecified atom stereocenters. The van der Waals surface area contributed by atoms with Crippen molar-refractivity contribution in [3.63, 3.8) is 0 Å². The average molecular weight is 567 g/mol. The quantitative estimate of drug-likeness (QED) is 0.278. The molecule has 208 valence electrons. The standard InChI is InChI=1S/C27H27ClF4N4O3/c1-27(26(37)33-10-12-38-13-11-35(2)3)24(22-8-9-23(28)39-22)25(18-6-4-16(29)14-19(18)31)34-36(27)21-7-5-17(30)15-20(21)32/h4-9,14-15,24H,10-13H2,1-3H3,(H,33,37). The van der Waals surface area contributed by atoms with Gasteiger partial charge in [-0.1, -0.05) is 0 Å². The molecule has 0 fully saturated rings. The minimum Gasteiger partial charge on any atom is -0.449 e. The number of nitrogens with one attached hydrogen (secondary N) is 1. The first-order valence-corrected chi connectivity index (χ1v) is 12.5. The largest absolute Gasteiger partial charge is 0.449 e. The summed E-state index contributed by atoms with van der Waals surface area (Å²) in [6.45, 7) is 2.89.